The molecule has 0 spiro atoms. The predicted molar refractivity (Wildman–Crippen MR) is 106 cm³/mol. The molecule has 2 aromatic rings. The van der Waals surface area contributed by atoms with Crippen LogP contribution in [0, 0.1) is 13.8 Å². The summed E-state index contributed by atoms with van der Waals surface area (Å²) in [5.41, 5.74) is 3.02. The molecule has 8 heteroatoms. The van der Waals surface area contributed by atoms with Crippen molar-refractivity contribution in [3.63, 3.8) is 0 Å². The van der Waals surface area contributed by atoms with E-state index >= 15 is 0 Å². The molecule has 27 heavy (non-hydrogen) atoms. The quantitative estimate of drug-likeness (QED) is 0.790. The van der Waals surface area contributed by atoms with Crippen LogP contribution in [0.15, 0.2) is 46.2 Å². The summed E-state index contributed by atoms with van der Waals surface area (Å²) < 4.78 is 50.8. The van der Waals surface area contributed by atoms with Gasteiger partial charge in [-0.3, -0.25) is 0 Å². The van der Waals surface area contributed by atoms with Gasteiger partial charge in [-0.05, 0) is 53.6 Å². The molecule has 0 bridgehead atoms. The van der Waals surface area contributed by atoms with Crippen molar-refractivity contribution in [2.24, 2.45) is 5.14 Å². The van der Waals surface area contributed by atoms with E-state index in [-0.39, 0.29) is 21.8 Å². The minimum absolute atomic E-state index is 0.0152. The number of hydrogen-bond donors (Lipinski definition) is 2. The van der Waals surface area contributed by atoms with Gasteiger partial charge in [0.15, 0.2) is 0 Å². The highest BCUT2D eigenvalue weighted by molar-refractivity contribution is 7.89. The van der Waals surface area contributed by atoms with Crippen molar-refractivity contribution < 1.29 is 16.8 Å². The molecular weight excluding hydrogens is 384 g/mol. The van der Waals surface area contributed by atoms with Crippen LogP contribution in [0.5, 0.6) is 0 Å². The Morgan fingerprint density at radius 3 is 1.81 bits per heavy atom. The summed E-state index contributed by atoms with van der Waals surface area (Å²) in [6, 6.07) is 9.58. The van der Waals surface area contributed by atoms with Crippen LogP contribution in [0.25, 0.3) is 0 Å². The molecular formula is C19H26N2O4S2. The lowest BCUT2D eigenvalue weighted by atomic mass is 9.85. The third-order valence-electron chi connectivity index (χ3n) is 4.31. The molecule has 0 radical (unpaired) electrons. The Morgan fingerprint density at radius 2 is 1.41 bits per heavy atom. The number of benzene rings is 2. The van der Waals surface area contributed by atoms with Crippen molar-refractivity contribution in [1.82, 2.24) is 4.72 Å². The first-order valence-electron chi connectivity index (χ1n) is 8.45. The Hall–Kier alpha value is -1.74. The third kappa shape index (κ3) is 5.16. The standard InChI is InChI=1S/C19H26N2O4S2/c1-13-10-16(19(3,4)5)11-14(2)18(13)27(24,25)21-12-15-6-8-17(9-7-15)26(20,22)23/h6-11,21H,12H2,1-5H3,(H2,20,22,23). The van der Waals surface area contributed by atoms with Crippen molar-refractivity contribution in [2.75, 3.05) is 0 Å². The lowest BCUT2D eigenvalue weighted by Gasteiger charge is -2.22. The van der Waals surface area contributed by atoms with E-state index in [1.807, 2.05) is 12.1 Å². The smallest absolute Gasteiger partial charge is 0.225 e. The van der Waals surface area contributed by atoms with Crippen LogP contribution in [0.1, 0.15) is 43.0 Å². The largest absolute Gasteiger partial charge is 0.241 e. The van der Waals surface area contributed by atoms with E-state index in [1.165, 1.54) is 24.3 Å². The predicted octanol–water partition coefficient (Wildman–Crippen LogP) is 2.73. The highest BCUT2D eigenvalue weighted by Gasteiger charge is 2.23. The van der Waals surface area contributed by atoms with Crippen molar-refractivity contribution in [2.45, 2.75) is 56.4 Å². The molecule has 0 unspecified atom stereocenters. The molecule has 0 aliphatic heterocycles. The normalized spacial score (nSPS) is 13.0. The molecule has 0 heterocycles. The van der Waals surface area contributed by atoms with Crippen LogP contribution in [-0.2, 0) is 32.0 Å². The summed E-state index contributed by atoms with van der Waals surface area (Å²) in [5, 5.41) is 5.06. The van der Waals surface area contributed by atoms with Crippen LogP contribution < -0.4 is 9.86 Å². The Balaban J connectivity index is 2.27. The fraction of sp³-hybridized carbons (Fsp3) is 0.368. The van der Waals surface area contributed by atoms with E-state index < -0.39 is 20.0 Å². The van der Waals surface area contributed by atoms with Crippen LogP contribution in [0.4, 0.5) is 0 Å². The van der Waals surface area contributed by atoms with Gasteiger partial charge in [0.05, 0.1) is 9.79 Å². The van der Waals surface area contributed by atoms with Gasteiger partial charge in [0.25, 0.3) is 0 Å². The SMILES string of the molecule is Cc1cc(C(C)(C)C)cc(C)c1S(=O)(=O)NCc1ccc(S(N)(=O)=O)cc1. The maximum Gasteiger partial charge on any atom is 0.241 e. The van der Waals surface area contributed by atoms with Gasteiger partial charge < -0.3 is 0 Å². The zero-order valence-corrected chi connectivity index (χ0v) is 17.8. The zero-order chi connectivity index (χ0) is 20.6. The summed E-state index contributed by atoms with van der Waals surface area (Å²) in [6.07, 6.45) is 0. The topological polar surface area (TPSA) is 106 Å². The van der Waals surface area contributed by atoms with Gasteiger partial charge in [0.2, 0.25) is 20.0 Å². The van der Waals surface area contributed by atoms with Crippen LogP contribution in [-0.4, -0.2) is 16.8 Å². The molecule has 0 saturated carbocycles. The zero-order valence-electron chi connectivity index (χ0n) is 16.2. The number of aryl methyl sites for hydroxylation is 2. The third-order valence-corrected chi connectivity index (χ3v) is 6.95. The van der Waals surface area contributed by atoms with Crippen LogP contribution in [0.2, 0.25) is 0 Å². The van der Waals surface area contributed by atoms with Gasteiger partial charge in [-0.25, -0.2) is 26.7 Å². The minimum Gasteiger partial charge on any atom is -0.225 e. The molecule has 0 aliphatic rings. The number of nitrogens with two attached hydrogens (primary N) is 1. The Kier molecular flexibility index (Phi) is 5.87. The highest BCUT2D eigenvalue weighted by Crippen LogP contribution is 2.29. The maximum absolute atomic E-state index is 12.8. The van der Waals surface area contributed by atoms with Gasteiger partial charge in [-0.15, -0.1) is 0 Å². The lowest BCUT2D eigenvalue weighted by Crippen LogP contribution is -2.25. The summed E-state index contributed by atoms with van der Waals surface area (Å²) in [6.45, 7) is 9.87. The van der Waals surface area contributed by atoms with Gasteiger partial charge in [0.1, 0.15) is 0 Å². The van der Waals surface area contributed by atoms with E-state index in [4.69, 9.17) is 5.14 Å². The molecule has 0 aromatic heterocycles. The highest BCUT2D eigenvalue weighted by atomic mass is 32.2. The number of rotatable bonds is 5. The molecule has 0 amide bonds. The van der Waals surface area contributed by atoms with Gasteiger partial charge >= 0.3 is 0 Å². The van der Waals surface area contributed by atoms with E-state index in [9.17, 15) is 16.8 Å². The number of primary sulfonamides is 1. The molecule has 0 saturated heterocycles. The van der Waals surface area contributed by atoms with E-state index in [0.29, 0.717) is 16.7 Å². The summed E-state index contributed by atoms with van der Waals surface area (Å²) in [5.74, 6) is 0. The van der Waals surface area contributed by atoms with E-state index in [0.717, 1.165) is 5.56 Å². The van der Waals surface area contributed by atoms with Gasteiger partial charge in [-0.2, -0.15) is 0 Å². The van der Waals surface area contributed by atoms with Crippen molar-refractivity contribution >= 4 is 20.0 Å². The van der Waals surface area contributed by atoms with Crippen molar-refractivity contribution in [3.05, 3.63) is 58.7 Å². The molecule has 0 fully saturated rings. The maximum atomic E-state index is 12.8. The summed E-state index contributed by atoms with van der Waals surface area (Å²) >= 11 is 0. The fourth-order valence-corrected chi connectivity index (χ4v) is 4.84. The van der Waals surface area contributed by atoms with Gasteiger partial charge in [0, 0.05) is 6.54 Å². The second-order valence-corrected chi connectivity index (χ2v) is 11.0. The Bertz CT molecular complexity index is 1030. The van der Waals surface area contributed by atoms with Gasteiger partial charge in [-0.1, -0.05) is 45.0 Å². The van der Waals surface area contributed by atoms with Crippen LogP contribution in [0.3, 0.4) is 0 Å². The second kappa shape index (κ2) is 7.35. The molecule has 2 aromatic carbocycles. The Morgan fingerprint density at radius 1 is 0.926 bits per heavy atom. The second-order valence-electron chi connectivity index (χ2n) is 7.70. The molecule has 148 valence electrons. The van der Waals surface area contributed by atoms with E-state index in [1.54, 1.807) is 13.8 Å². The summed E-state index contributed by atoms with van der Waals surface area (Å²) in [7, 11) is -7.49. The molecule has 6 nitrogen and oxygen atoms in total. The number of sulfonamides is 2. The average molecular weight is 411 g/mol. The molecule has 2 rings (SSSR count). The monoisotopic (exact) mass is 410 g/mol. The van der Waals surface area contributed by atoms with Crippen molar-refractivity contribution in [3.8, 4) is 0 Å². The van der Waals surface area contributed by atoms with E-state index in [2.05, 4.69) is 25.5 Å². The van der Waals surface area contributed by atoms with Crippen LogP contribution >= 0.6 is 0 Å². The number of nitrogens with one attached hydrogen (secondary N) is 1. The van der Waals surface area contributed by atoms with Crippen molar-refractivity contribution in [1.29, 1.82) is 0 Å². The Labute approximate surface area is 161 Å². The first-order chi connectivity index (χ1) is 12.2. The average Bonchev–Trinajstić information content (AvgIpc) is 2.51. The minimum atomic E-state index is -3.77. The number of hydrogen-bond acceptors (Lipinski definition) is 4. The lowest BCUT2D eigenvalue weighted by molar-refractivity contribution is 0.575. The fourth-order valence-electron chi connectivity index (χ4n) is 2.85. The molecule has 0 aliphatic carbocycles. The first kappa shape index (κ1) is 21.6. The first-order valence-corrected chi connectivity index (χ1v) is 11.5. The summed E-state index contributed by atoms with van der Waals surface area (Å²) in [4.78, 5) is 0.259. The molecule has 0 atom stereocenters. The molecule has 3 N–H and O–H groups in total.